The van der Waals surface area contributed by atoms with Gasteiger partial charge in [-0.1, -0.05) is 24.8 Å². The number of aromatic nitrogens is 2. The fourth-order valence-electron chi connectivity index (χ4n) is 3.74. The number of nitrogens with zero attached hydrogens (tertiary/aromatic N) is 2. The van der Waals surface area contributed by atoms with E-state index in [0.717, 1.165) is 67.5 Å². The van der Waals surface area contributed by atoms with E-state index in [0.29, 0.717) is 18.0 Å². The molecular formula is C20H26N4O2. The van der Waals surface area contributed by atoms with Crippen molar-refractivity contribution in [3.8, 4) is 0 Å². The molecule has 2 aromatic rings. The van der Waals surface area contributed by atoms with Crippen LogP contribution in [0.15, 0.2) is 31.0 Å². The first kappa shape index (κ1) is 17.2. The number of anilines is 1. The van der Waals surface area contributed by atoms with Crippen LogP contribution >= 0.6 is 0 Å². The molecule has 1 saturated carbocycles. The minimum atomic E-state index is -0.161. The Balaban J connectivity index is 1.54. The normalized spacial score (nSPS) is 26.0. The first-order valence-corrected chi connectivity index (χ1v) is 9.43. The number of aliphatic hydroxyl groups is 1. The summed E-state index contributed by atoms with van der Waals surface area (Å²) >= 11 is 0. The van der Waals surface area contributed by atoms with Gasteiger partial charge >= 0.3 is 0 Å². The van der Waals surface area contributed by atoms with Crippen molar-refractivity contribution in [2.45, 2.75) is 50.3 Å². The number of fused-ring (bicyclic) bond motifs is 1. The van der Waals surface area contributed by atoms with Gasteiger partial charge in [-0.15, -0.1) is 0 Å². The maximum absolute atomic E-state index is 9.66. The predicted octanol–water partition coefficient (Wildman–Crippen LogP) is 2.69. The van der Waals surface area contributed by atoms with Crippen molar-refractivity contribution in [1.82, 2.24) is 15.3 Å². The zero-order chi connectivity index (χ0) is 17.9. The lowest BCUT2D eigenvalue weighted by atomic mass is 9.93. The lowest BCUT2D eigenvalue weighted by molar-refractivity contribution is 0.126. The van der Waals surface area contributed by atoms with E-state index in [2.05, 4.69) is 22.2 Å². The second-order valence-corrected chi connectivity index (χ2v) is 7.27. The summed E-state index contributed by atoms with van der Waals surface area (Å²) in [5, 5.41) is 17.6. The van der Waals surface area contributed by atoms with Crippen LogP contribution < -0.4 is 10.6 Å². The molecule has 1 aromatic carbocycles. The molecule has 1 aliphatic heterocycles. The van der Waals surface area contributed by atoms with Crippen molar-refractivity contribution in [3.63, 3.8) is 0 Å². The summed E-state index contributed by atoms with van der Waals surface area (Å²) in [5.74, 6) is 0.642. The standard InChI is InChI=1S/C20H26N4O2/c1-13(22-16-9-10-26-12-16)18-4-2-3-14-11-21-20(24-19(14)18)23-15-5-7-17(25)8-6-15/h2-4,11,15-17,22,25H,1,5-10,12H2,(H,21,23,24)/t15-,16?,17-. The Kier molecular flexibility index (Phi) is 5.04. The molecule has 6 heteroatoms. The van der Waals surface area contributed by atoms with Crippen LogP contribution in [0, 0.1) is 0 Å². The van der Waals surface area contributed by atoms with Crippen LogP contribution in [0.3, 0.4) is 0 Å². The lowest BCUT2D eigenvalue weighted by Crippen LogP contribution is -2.29. The van der Waals surface area contributed by atoms with Gasteiger partial charge in [0.2, 0.25) is 5.95 Å². The third-order valence-corrected chi connectivity index (χ3v) is 5.27. The summed E-state index contributed by atoms with van der Waals surface area (Å²) in [4.78, 5) is 9.24. The Labute approximate surface area is 153 Å². The molecule has 26 heavy (non-hydrogen) atoms. The van der Waals surface area contributed by atoms with Crippen LogP contribution in [-0.2, 0) is 4.74 Å². The van der Waals surface area contributed by atoms with Gasteiger partial charge in [0.1, 0.15) is 0 Å². The Hall–Kier alpha value is -2.18. The van der Waals surface area contributed by atoms with Crippen molar-refractivity contribution < 1.29 is 9.84 Å². The number of nitrogens with one attached hydrogen (secondary N) is 2. The van der Waals surface area contributed by atoms with Gasteiger partial charge in [-0.2, -0.15) is 0 Å². The monoisotopic (exact) mass is 354 g/mol. The first-order valence-electron chi connectivity index (χ1n) is 9.43. The summed E-state index contributed by atoms with van der Waals surface area (Å²) in [6.45, 7) is 5.74. The minimum Gasteiger partial charge on any atom is -0.393 e. The number of ether oxygens (including phenoxy) is 1. The molecule has 4 rings (SSSR count). The van der Waals surface area contributed by atoms with Crippen LogP contribution in [-0.4, -0.2) is 46.5 Å². The molecule has 6 nitrogen and oxygen atoms in total. The molecule has 0 bridgehead atoms. The van der Waals surface area contributed by atoms with Crippen LogP contribution in [0.4, 0.5) is 5.95 Å². The first-order chi connectivity index (χ1) is 12.7. The van der Waals surface area contributed by atoms with E-state index in [-0.39, 0.29) is 6.10 Å². The summed E-state index contributed by atoms with van der Waals surface area (Å²) < 4.78 is 5.44. The number of benzene rings is 1. The third kappa shape index (κ3) is 3.81. The molecule has 1 aliphatic carbocycles. The number of hydrogen-bond donors (Lipinski definition) is 3. The van der Waals surface area contributed by atoms with Gasteiger partial charge < -0.3 is 20.5 Å². The van der Waals surface area contributed by atoms with E-state index in [9.17, 15) is 5.11 Å². The topological polar surface area (TPSA) is 79.3 Å². The average Bonchev–Trinajstić information content (AvgIpc) is 3.16. The highest BCUT2D eigenvalue weighted by Gasteiger charge is 2.20. The third-order valence-electron chi connectivity index (χ3n) is 5.27. The van der Waals surface area contributed by atoms with Gasteiger partial charge in [-0.05, 0) is 32.1 Å². The van der Waals surface area contributed by atoms with E-state index in [1.54, 1.807) is 0 Å². The fraction of sp³-hybridized carbons (Fsp3) is 0.500. The van der Waals surface area contributed by atoms with Gasteiger partial charge in [-0.25, -0.2) is 9.97 Å². The maximum Gasteiger partial charge on any atom is 0.223 e. The quantitative estimate of drug-likeness (QED) is 0.766. The second-order valence-electron chi connectivity index (χ2n) is 7.27. The van der Waals surface area contributed by atoms with Crippen molar-refractivity contribution in [1.29, 1.82) is 0 Å². The summed E-state index contributed by atoms with van der Waals surface area (Å²) in [5.41, 5.74) is 2.77. The Morgan fingerprint density at radius 3 is 2.77 bits per heavy atom. The van der Waals surface area contributed by atoms with Crippen molar-refractivity contribution >= 4 is 22.5 Å². The molecule has 0 radical (unpaired) electrons. The van der Waals surface area contributed by atoms with Crippen LogP contribution in [0.1, 0.15) is 37.7 Å². The Bertz CT molecular complexity index is 780. The van der Waals surface area contributed by atoms with Gasteiger partial charge in [0, 0.05) is 35.5 Å². The molecule has 0 spiro atoms. The molecule has 2 heterocycles. The molecular weight excluding hydrogens is 328 g/mol. The molecule has 3 N–H and O–H groups in total. The molecule has 1 saturated heterocycles. The highest BCUT2D eigenvalue weighted by atomic mass is 16.5. The predicted molar refractivity (Wildman–Crippen MR) is 103 cm³/mol. The number of para-hydroxylation sites is 1. The number of aliphatic hydroxyl groups excluding tert-OH is 1. The molecule has 0 amide bonds. The molecule has 1 unspecified atom stereocenters. The van der Waals surface area contributed by atoms with Gasteiger partial charge in [0.15, 0.2) is 0 Å². The van der Waals surface area contributed by atoms with Gasteiger partial charge in [0.05, 0.1) is 24.3 Å². The van der Waals surface area contributed by atoms with E-state index < -0.39 is 0 Å². The van der Waals surface area contributed by atoms with Crippen molar-refractivity contribution in [3.05, 3.63) is 36.5 Å². The largest absolute Gasteiger partial charge is 0.393 e. The van der Waals surface area contributed by atoms with Crippen LogP contribution in [0.5, 0.6) is 0 Å². The molecule has 2 aliphatic rings. The van der Waals surface area contributed by atoms with E-state index in [1.165, 1.54) is 0 Å². The van der Waals surface area contributed by atoms with E-state index >= 15 is 0 Å². The molecule has 138 valence electrons. The van der Waals surface area contributed by atoms with Crippen molar-refractivity contribution in [2.75, 3.05) is 18.5 Å². The molecule has 1 aromatic heterocycles. The maximum atomic E-state index is 9.66. The lowest BCUT2D eigenvalue weighted by Gasteiger charge is -2.26. The summed E-state index contributed by atoms with van der Waals surface area (Å²) in [6.07, 6.45) is 6.25. The number of hydrogen-bond acceptors (Lipinski definition) is 6. The number of rotatable bonds is 5. The summed E-state index contributed by atoms with van der Waals surface area (Å²) in [7, 11) is 0. The SMILES string of the molecule is C=C(NC1CCOC1)c1cccc2cnc(N[C@H]3CC[C@H](O)CC3)nc12. The van der Waals surface area contributed by atoms with E-state index in [1.807, 2.05) is 24.4 Å². The van der Waals surface area contributed by atoms with E-state index in [4.69, 9.17) is 9.72 Å². The molecule has 2 fully saturated rings. The van der Waals surface area contributed by atoms with Crippen LogP contribution in [0.2, 0.25) is 0 Å². The minimum absolute atomic E-state index is 0.161. The zero-order valence-electron chi connectivity index (χ0n) is 14.9. The smallest absolute Gasteiger partial charge is 0.223 e. The zero-order valence-corrected chi connectivity index (χ0v) is 14.9. The fourth-order valence-corrected chi connectivity index (χ4v) is 3.74. The van der Waals surface area contributed by atoms with Gasteiger partial charge in [-0.3, -0.25) is 0 Å². The Morgan fingerprint density at radius 1 is 1.15 bits per heavy atom. The second kappa shape index (κ2) is 7.60. The summed E-state index contributed by atoms with van der Waals surface area (Å²) in [6, 6.07) is 6.70. The molecule has 1 atom stereocenters. The Morgan fingerprint density at radius 2 is 2.00 bits per heavy atom. The highest BCUT2D eigenvalue weighted by Crippen LogP contribution is 2.25. The van der Waals surface area contributed by atoms with Crippen molar-refractivity contribution in [2.24, 2.45) is 0 Å². The van der Waals surface area contributed by atoms with Gasteiger partial charge in [0.25, 0.3) is 0 Å². The highest BCUT2D eigenvalue weighted by molar-refractivity contribution is 5.90. The average molecular weight is 354 g/mol. The van der Waals surface area contributed by atoms with Crippen LogP contribution in [0.25, 0.3) is 16.6 Å².